The molecule has 142 valence electrons. The predicted molar refractivity (Wildman–Crippen MR) is 99.9 cm³/mol. The summed E-state index contributed by atoms with van der Waals surface area (Å²) in [6.45, 7) is 8.14. The van der Waals surface area contributed by atoms with Crippen LogP contribution in [0.15, 0.2) is 24.3 Å². The summed E-state index contributed by atoms with van der Waals surface area (Å²) in [6.07, 6.45) is 1.31. The minimum atomic E-state index is 0.166. The van der Waals surface area contributed by atoms with E-state index in [1.807, 2.05) is 15.9 Å². The summed E-state index contributed by atoms with van der Waals surface area (Å²) < 4.78 is 5.32. The van der Waals surface area contributed by atoms with Crippen LogP contribution >= 0.6 is 0 Å². The highest BCUT2D eigenvalue weighted by Crippen LogP contribution is 2.10. The van der Waals surface area contributed by atoms with Crippen molar-refractivity contribution in [2.45, 2.75) is 19.8 Å². The van der Waals surface area contributed by atoms with E-state index in [0.29, 0.717) is 52.4 Å². The Morgan fingerprint density at radius 2 is 1.62 bits per heavy atom. The normalized spacial score (nSPS) is 18.8. The van der Waals surface area contributed by atoms with Crippen LogP contribution in [0.2, 0.25) is 0 Å². The highest BCUT2D eigenvalue weighted by Gasteiger charge is 2.25. The third kappa shape index (κ3) is 5.29. The van der Waals surface area contributed by atoms with Crippen LogP contribution in [-0.4, -0.2) is 85.5 Å². The molecule has 3 rings (SSSR count). The lowest BCUT2D eigenvalue weighted by Crippen LogP contribution is -2.53. The van der Waals surface area contributed by atoms with E-state index in [4.69, 9.17) is 4.74 Å². The number of nitrogens with zero attached hydrogens (tertiary/aromatic N) is 3. The zero-order valence-corrected chi connectivity index (χ0v) is 15.7. The number of carbonyl (C=O) groups is 2. The average Bonchev–Trinajstić information content (AvgIpc) is 2.67. The van der Waals surface area contributed by atoms with Gasteiger partial charge in [-0.25, -0.2) is 0 Å². The SMILES string of the molecule is Cc1cccc(CCC(=O)N2CCN(C(=O)CN3CCOCC3)CC2)c1. The van der Waals surface area contributed by atoms with Crippen LogP contribution in [0.5, 0.6) is 0 Å². The molecule has 0 saturated carbocycles. The first-order chi connectivity index (χ1) is 12.6. The van der Waals surface area contributed by atoms with E-state index < -0.39 is 0 Å². The lowest BCUT2D eigenvalue weighted by molar-refractivity contribution is -0.140. The number of ether oxygens (including phenoxy) is 1. The minimum absolute atomic E-state index is 0.166. The molecular formula is C20H29N3O3. The van der Waals surface area contributed by atoms with Crippen LogP contribution in [0.1, 0.15) is 17.5 Å². The summed E-state index contributed by atoms with van der Waals surface area (Å²) in [5.74, 6) is 0.352. The highest BCUT2D eigenvalue weighted by molar-refractivity contribution is 5.79. The molecule has 0 atom stereocenters. The molecule has 0 unspecified atom stereocenters. The largest absolute Gasteiger partial charge is 0.379 e. The number of hydrogen-bond donors (Lipinski definition) is 0. The van der Waals surface area contributed by atoms with Crippen LogP contribution in [0.4, 0.5) is 0 Å². The van der Waals surface area contributed by atoms with Crippen molar-refractivity contribution in [1.29, 1.82) is 0 Å². The van der Waals surface area contributed by atoms with E-state index in [0.717, 1.165) is 19.5 Å². The molecule has 0 bridgehead atoms. The van der Waals surface area contributed by atoms with Gasteiger partial charge in [0.05, 0.1) is 19.8 Å². The topological polar surface area (TPSA) is 53.1 Å². The maximum Gasteiger partial charge on any atom is 0.236 e. The Balaban J connectivity index is 1.39. The van der Waals surface area contributed by atoms with Crippen molar-refractivity contribution in [2.75, 3.05) is 59.0 Å². The second-order valence-electron chi connectivity index (χ2n) is 7.14. The van der Waals surface area contributed by atoms with Crippen molar-refractivity contribution in [3.05, 3.63) is 35.4 Å². The Labute approximate surface area is 155 Å². The van der Waals surface area contributed by atoms with Crippen molar-refractivity contribution in [3.8, 4) is 0 Å². The molecule has 2 saturated heterocycles. The van der Waals surface area contributed by atoms with Crippen LogP contribution < -0.4 is 0 Å². The van der Waals surface area contributed by atoms with Crippen LogP contribution in [-0.2, 0) is 20.7 Å². The molecule has 2 heterocycles. The van der Waals surface area contributed by atoms with Gasteiger partial charge in [0.2, 0.25) is 11.8 Å². The van der Waals surface area contributed by atoms with Gasteiger partial charge in [-0.2, -0.15) is 0 Å². The molecule has 0 aromatic heterocycles. The lowest BCUT2D eigenvalue weighted by atomic mass is 10.1. The van der Waals surface area contributed by atoms with E-state index >= 15 is 0 Å². The van der Waals surface area contributed by atoms with Crippen LogP contribution in [0.25, 0.3) is 0 Å². The van der Waals surface area contributed by atoms with Crippen molar-refractivity contribution in [1.82, 2.24) is 14.7 Å². The molecule has 0 radical (unpaired) electrons. The Bertz CT molecular complexity index is 620. The molecule has 0 N–H and O–H groups in total. The third-order valence-corrected chi connectivity index (χ3v) is 5.16. The molecule has 6 heteroatoms. The monoisotopic (exact) mass is 359 g/mol. The number of piperazine rings is 1. The number of rotatable bonds is 5. The van der Waals surface area contributed by atoms with Gasteiger partial charge in [-0.1, -0.05) is 29.8 Å². The molecule has 0 spiro atoms. The summed E-state index contributed by atoms with van der Waals surface area (Å²) in [5.41, 5.74) is 2.43. The summed E-state index contributed by atoms with van der Waals surface area (Å²) >= 11 is 0. The molecule has 26 heavy (non-hydrogen) atoms. The van der Waals surface area contributed by atoms with Gasteiger partial charge in [0.1, 0.15) is 0 Å². The van der Waals surface area contributed by atoms with Gasteiger partial charge in [-0.15, -0.1) is 0 Å². The number of benzene rings is 1. The Morgan fingerprint density at radius 1 is 0.962 bits per heavy atom. The van der Waals surface area contributed by atoms with Crippen molar-refractivity contribution < 1.29 is 14.3 Å². The molecule has 2 aliphatic rings. The Morgan fingerprint density at radius 3 is 2.27 bits per heavy atom. The molecule has 2 amide bonds. The molecule has 2 aliphatic heterocycles. The van der Waals surface area contributed by atoms with Gasteiger partial charge in [-0.05, 0) is 18.9 Å². The number of carbonyl (C=O) groups excluding carboxylic acids is 2. The van der Waals surface area contributed by atoms with Gasteiger partial charge in [0.25, 0.3) is 0 Å². The predicted octanol–water partition coefficient (Wildman–Crippen LogP) is 0.931. The van der Waals surface area contributed by atoms with Crippen LogP contribution in [0, 0.1) is 6.92 Å². The summed E-state index contributed by atoms with van der Waals surface area (Å²) in [6, 6.07) is 8.31. The number of amides is 2. The second-order valence-corrected chi connectivity index (χ2v) is 7.14. The summed E-state index contributed by atoms with van der Waals surface area (Å²) in [7, 11) is 0. The minimum Gasteiger partial charge on any atom is -0.379 e. The van der Waals surface area contributed by atoms with Gasteiger partial charge in [0, 0.05) is 45.7 Å². The van der Waals surface area contributed by atoms with Gasteiger partial charge >= 0.3 is 0 Å². The number of aryl methyl sites for hydroxylation is 2. The van der Waals surface area contributed by atoms with E-state index in [1.54, 1.807) is 0 Å². The quantitative estimate of drug-likeness (QED) is 0.785. The van der Waals surface area contributed by atoms with Gasteiger partial charge in [-0.3, -0.25) is 14.5 Å². The fourth-order valence-corrected chi connectivity index (χ4v) is 3.53. The Kier molecular flexibility index (Phi) is 6.63. The third-order valence-electron chi connectivity index (χ3n) is 5.16. The first-order valence-electron chi connectivity index (χ1n) is 9.53. The maximum absolute atomic E-state index is 12.5. The summed E-state index contributed by atoms with van der Waals surface area (Å²) in [4.78, 5) is 30.8. The highest BCUT2D eigenvalue weighted by atomic mass is 16.5. The zero-order valence-electron chi connectivity index (χ0n) is 15.7. The maximum atomic E-state index is 12.5. The van der Waals surface area contributed by atoms with Gasteiger partial charge < -0.3 is 14.5 Å². The second kappa shape index (κ2) is 9.14. The molecule has 6 nitrogen and oxygen atoms in total. The van der Waals surface area contributed by atoms with E-state index in [2.05, 4.69) is 30.0 Å². The number of morpholine rings is 1. The zero-order chi connectivity index (χ0) is 18.4. The summed E-state index contributed by atoms with van der Waals surface area (Å²) in [5, 5.41) is 0. The van der Waals surface area contributed by atoms with Crippen LogP contribution in [0.3, 0.4) is 0 Å². The fourth-order valence-electron chi connectivity index (χ4n) is 3.53. The smallest absolute Gasteiger partial charge is 0.236 e. The number of hydrogen-bond acceptors (Lipinski definition) is 4. The van der Waals surface area contributed by atoms with Gasteiger partial charge in [0.15, 0.2) is 0 Å². The average molecular weight is 359 g/mol. The molecule has 2 fully saturated rings. The standard InChI is InChI=1S/C20H29N3O3/c1-17-3-2-4-18(15-17)5-6-19(24)22-7-9-23(10-8-22)20(25)16-21-11-13-26-14-12-21/h2-4,15H,5-14,16H2,1H3. The molecular weight excluding hydrogens is 330 g/mol. The van der Waals surface area contributed by atoms with E-state index in [-0.39, 0.29) is 11.8 Å². The van der Waals surface area contributed by atoms with E-state index in [9.17, 15) is 9.59 Å². The fraction of sp³-hybridized carbons (Fsp3) is 0.600. The van der Waals surface area contributed by atoms with Crippen molar-refractivity contribution >= 4 is 11.8 Å². The molecule has 0 aliphatic carbocycles. The van der Waals surface area contributed by atoms with E-state index in [1.165, 1.54) is 11.1 Å². The molecule has 1 aromatic rings. The van der Waals surface area contributed by atoms with Crippen molar-refractivity contribution in [2.24, 2.45) is 0 Å². The first kappa shape index (κ1) is 18.9. The lowest BCUT2D eigenvalue weighted by Gasteiger charge is -2.36. The Hall–Kier alpha value is -1.92. The molecule has 1 aromatic carbocycles. The van der Waals surface area contributed by atoms with Crippen molar-refractivity contribution in [3.63, 3.8) is 0 Å². The first-order valence-corrected chi connectivity index (χ1v) is 9.53.